The van der Waals surface area contributed by atoms with E-state index in [2.05, 4.69) is 10.3 Å². The first kappa shape index (κ1) is 26.2. The molecule has 8 heteroatoms. The molecule has 2 aromatic heterocycles. The summed E-state index contributed by atoms with van der Waals surface area (Å²) < 4.78 is 2.49. The number of aliphatic carboxylic acids is 1. The summed E-state index contributed by atoms with van der Waals surface area (Å²) in [7, 11) is 1.43. The van der Waals surface area contributed by atoms with Gasteiger partial charge in [-0.1, -0.05) is 68.4 Å². The number of pyridine rings is 1. The molecule has 1 atom stereocenters. The summed E-state index contributed by atoms with van der Waals surface area (Å²) in [5.41, 5.74) is 3.36. The summed E-state index contributed by atoms with van der Waals surface area (Å²) in [4.78, 5) is 40.2. The molecule has 0 aliphatic rings. The standard InChI is InChI=1S/C26H24N4O4.C2H6/c1-29-24(31)10-11-30(26(29)34)17-19-7-5-6-18(12-19)13-23(25(32)33)28-22-14-21(15-27-16-22)20-8-3-2-4-9-20;1-2/h2-12,14-16,23,28H,13,17H2,1H3,(H,32,33);1-2H3. The molecule has 0 fully saturated rings. The number of benzene rings is 2. The summed E-state index contributed by atoms with van der Waals surface area (Å²) in [5, 5.41) is 12.9. The van der Waals surface area contributed by atoms with Crippen LogP contribution in [0.25, 0.3) is 11.1 Å². The van der Waals surface area contributed by atoms with E-state index in [0.717, 1.165) is 26.8 Å². The lowest BCUT2D eigenvalue weighted by Gasteiger charge is -2.17. The van der Waals surface area contributed by atoms with Crippen LogP contribution in [0.4, 0.5) is 5.69 Å². The predicted molar refractivity (Wildman–Crippen MR) is 141 cm³/mol. The van der Waals surface area contributed by atoms with Gasteiger partial charge < -0.3 is 10.4 Å². The summed E-state index contributed by atoms with van der Waals surface area (Å²) in [6, 6.07) is 19.5. The monoisotopic (exact) mass is 486 g/mol. The van der Waals surface area contributed by atoms with Crippen molar-refractivity contribution in [2.45, 2.75) is 32.9 Å². The summed E-state index contributed by atoms with van der Waals surface area (Å²) in [6.45, 7) is 4.27. The van der Waals surface area contributed by atoms with Gasteiger partial charge in [0.1, 0.15) is 6.04 Å². The van der Waals surface area contributed by atoms with E-state index in [1.54, 1.807) is 12.4 Å². The number of rotatable bonds is 8. The first-order chi connectivity index (χ1) is 17.4. The summed E-state index contributed by atoms with van der Waals surface area (Å²) in [5.74, 6) is -0.982. The van der Waals surface area contributed by atoms with Crippen molar-refractivity contribution >= 4 is 11.7 Å². The van der Waals surface area contributed by atoms with Crippen LogP contribution in [0, 0.1) is 0 Å². The van der Waals surface area contributed by atoms with Crippen LogP contribution in [0.5, 0.6) is 0 Å². The molecule has 36 heavy (non-hydrogen) atoms. The first-order valence-electron chi connectivity index (χ1n) is 11.7. The number of hydrogen-bond acceptors (Lipinski definition) is 5. The number of aromatic nitrogens is 3. The molecule has 0 amide bonds. The second-order valence-electron chi connectivity index (χ2n) is 8.01. The Labute approximate surface area is 209 Å². The van der Waals surface area contributed by atoms with Gasteiger partial charge in [-0.2, -0.15) is 0 Å². The van der Waals surface area contributed by atoms with Gasteiger partial charge in [0, 0.05) is 43.7 Å². The molecule has 2 heterocycles. The van der Waals surface area contributed by atoms with E-state index in [4.69, 9.17) is 0 Å². The fraction of sp³-hybridized carbons (Fsp3) is 0.214. The lowest BCUT2D eigenvalue weighted by atomic mass is 10.0. The Balaban J connectivity index is 0.00000176. The Bertz CT molecular complexity index is 1430. The molecular formula is C28H30N4O4. The van der Waals surface area contributed by atoms with Crippen molar-refractivity contribution in [3.8, 4) is 11.1 Å². The van der Waals surface area contributed by atoms with E-state index < -0.39 is 17.7 Å². The molecule has 1 unspecified atom stereocenters. The zero-order valence-corrected chi connectivity index (χ0v) is 20.6. The van der Waals surface area contributed by atoms with Gasteiger partial charge in [-0.15, -0.1) is 0 Å². The number of anilines is 1. The van der Waals surface area contributed by atoms with E-state index in [1.165, 1.54) is 23.9 Å². The van der Waals surface area contributed by atoms with Gasteiger partial charge in [0.15, 0.2) is 0 Å². The Morgan fingerprint density at radius 3 is 2.39 bits per heavy atom. The van der Waals surface area contributed by atoms with Crippen LogP contribution in [0.1, 0.15) is 25.0 Å². The quantitative estimate of drug-likeness (QED) is 0.393. The van der Waals surface area contributed by atoms with E-state index in [1.807, 2.05) is 74.5 Å². The molecule has 2 N–H and O–H groups in total. The van der Waals surface area contributed by atoms with E-state index in [-0.39, 0.29) is 18.5 Å². The third-order valence-corrected chi connectivity index (χ3v) is 5.53. The number of carboxylic acids is 1. The van der Waals surface area contributed by atoms with Crippen molar-refractivity contribution in [3.05, 3.63) is 117 Å². The van der Waals surface area contributed by atoms with Gasteiger partial charge in [-0.25, -0.2) is 9.59 Å². The minimum atomic E-state index is -0.982. The maximum Gasteiger partial charge on any atom is 0.331 e. The fourth-order valence-electron chi connectivity index (χ4n) is 3.73. The maximum atomic E-state index is 12.3. The Morgan fingerprint density at radius 2 is 1.67 bits per heavy atom. The second kappa shape index (κ2) is 12.3. The molecule has 0 saturated carbocycles. The number of nitrogens with one attached hydrogen (secondary N) is 1. The third kappa shape index (κ3) is 6.56. The second-order valence-corrected chi connectivity index (χ2v) is 8.01. The molecule has 0 spiro atoms. The van der Waals surface area contributed by atoms with E-state index in [0.29, 0.717) is 5.69 Å². The highest BCUT2D eigenvalue weighted by Crippen LogP contribution is 2.22. The van der Waals surface area contributed by atoms with Gasteiger partial charge in [0.25, 0.3) is 5.56 Å². The van der Waals surface area contributed by atoms with E-state index in [9.17, 15) is 19.5 Å². The predicted octanol–water partition coefficient (Wildman–Crippen LogP) is 3.79. The molecule has 4 rings (SSSR count). The molecule has 2 aromatic carbocycles. The van der Waals surface area contributed by atoms with Crippen molar-refractivity contribution in [3.63, 3.8) is 0 Å². The Morgan fingerprint density at radius 1 is 0.944 bits per heavy atom. The summed E-state index contributed by atoms with van der Waals surface area (Å²) >= 11 is 0. The van der Waals surface area contributed by atoms with Crippen molar-refractivity contribution < 1.29 is 9.90 Å². The van der Waals surface area contributed by atoms with Crippen LogP contribution in [0.2, 0.25) is 0 Å². The minimum absolute atomic E-state index is 0.237. The van der Waals surface area contributed by atoms with Crippen LogP contribution in [0.3, 0.4) is 0 Å². The number of carboxylic acid groups (broad SMARTS) is 1. The van der Waals surface area contributed by atoms with E-state index >= 15 is 0 Å². The molecule has 4 aromatic rings. The van der Waals surface area contributed by atoms with Gasteiger partial charge in [0.05, 0.1) is 12.2 Å². The van der Waals surface area contributed by atoms with Gasteiger partial charge in [0.2, 0.25) is 0 Å². The molecule has 0 saturated heterocycles. The van der Waals surface area contributed by atoms with Crippen molar-refractivity contribution in [2.75, 3.05) is 5.32 Å². The molecule has 186 valence electrons. The molecule has 0 aliphatic carbocycles. The van der Waals surface area contributed by atoms with Gasteiger partial charge in [-0.3, -0.25) is 18.9 Å². The average molecular weight is 487 g/mol. The highest BCUT2D eigenvalue weighted by molar-refractivity contribution is 5.78. The maximum absolute atomic E-state index is 12.3. The van der Waals surface area contributed by atoms with Crippen LogP contribution >= 0.6 is 0 Å². The minimum Gasteiger partial charge on any atom is -0.480 e. The smallest absolute Gasteiger partial charge is 0.331 e. The zero-order chi connectivity index (χ0) is 26.1. The van der Waals surface area contributed by atoms with Crippen molar-refractivity contribution in [1.82, 2.24) is 14.1 Å². The summed E-state index contributed by atoms with van der Waals surface area (Å²) in [6.07, 6.45) is 5.04. The normalized spacial score (nSPS) is 11.2. The molecule has 0 bridgehead atoms. The van der Waals surface area contributed by atoms with Crippen molar-refractivity contribution in [1.29, 1.82) is 0 Å². The molecule has 8 nitrogen and oxygen atoms in total. The van der Waals surface area contributed by atoms with Crippen LogP contribution in [0.15, 0.2) is 94.9 Å². The third-order valence-electron chi connectivity index (χ3n) is 5.53. The zero-order valence-electron chi connectivity index (χ0n) is 20.6. The van der Waals surface area contributed by atoms with Gasteiger partial charge in [-0.05, 0) is 22.8 Å². The topological polar surface area (TPSA) is 106 Å². The lowest BCUT2D eigenvalue weighted by molar-refractivity contribution is -0.137. The van der Waals surface area contributed by atoms with Crippen LogP contribution < -0.4 is 16.6 Å². The molecule has 0 aliphatic heterocycles. The van der Waals surface area contributed by atoms with Crippen LogP contribution in [-0.4, -0.2) is 31.2 Å². The van der Waals surface area contributed by atoms with Crippen LogP contribution in [-0.2, 0) is 24.8 Å². The fourth-order valence-corrected chi connectivity index (χ4v) is 3.73. The SMILES string of the molecule is CC.Cn1c(=O)ccn(Cc2cccc(CC(Nc3cncc(-c4ccccc4)c3)C(=O)O)c2)c1=O. The highest BCUT2D eigenvalue weighted by atomic mass is 16.4. The number of nitrogens with zero attached hydrogens (tertiary/aromatic N) is 3. The average Bonchev–Trinajstić information content (AvgIpc) is 2.91. The molecular weight excluding hydrogens is 456 g/mol. The Hall–Kier alpha value is -4.46. The highest BCUT2D eigenvalue weighted by Gasteiger charge is 2.18. The molecule has 0 radical (unpaired) electrons. The first-order valence-corrected chi connectivity index (χ1v) is 11.7. The van der Waals surface area contributed by atoms with Crippen molar-refractivity contribution in [2.24, 2.45) is 7.05 Å². The number of hydrogen-bond donors (Lipinski definition) is 2. The largest absolute Gasteiger partial charge is 0.480 e. The Kier molecular flexibility index (Phi) is 8.94. The lowest BCUT2D eigenvalue weighted by Crippen LogP contribution is -2.37. The number of carbonyl (C=O) groups is 1. The van der Waals surface area contributed by atoms with Gasteiger partial charge >= 0.3 is 11.7 Å².